The number of rotatable bonds is 4. The molecule has 0 bridgehead atoms. The molecular formula is C15H25N. The molecule has 0 aromatic heterocycles. The lowest BCUT2D eigenvalue weighted by Crippen LogP contribution is -2.28. The molecule has 0 atom stereocenters. The molecule has 0 radical (unpaired) electrons. The van der Waals surface area contributed by atoms with E-state index in [2.05, 4.69) is 58.1 Å². The van der Waals surface area contributed by atoms with Crippen molar-refractivity contribution in [3.63, 3.8) is 0 Å². The van der Waals surface area contributed by atoms with E-state index < -0.39 is 0 Å². The van der Waals surface area contributed by atoms with Crippen LogP contribution in [0.3, 0.4) is 0 Å². The lowest BCUT2D eigenvalue weighted by molar-refractivity contribution is 0.381. The fourth-order valence-corrected chi connectivity index (χ4v) is 1.92. The van der Waals surface area contributed by atoms with Gasteiger partial charge in [-0.3, -0.25) is 0 Å². The minimum atomic E-state index is 0.376. The van der Waals surface area contributed by atoms with Crippen molar-refractivity contribution >= 4 is 0 Å². The summed E-state index contributed by atoms with van der Waals surface area (Å²) in [7, 11) is 0. The largest absolute Gasteiger partial charge is 0.316 e. The van der Waals surface area contributed by atoms with Crippen molar-refractivity contribution in [2.75, 3.05) is 13.1 Å². The SMILES string of the molecule is Cc1cccc(C)c1CCNCC(C)(C)C. The van der Waals surface area contributed by atoms with Gasteiger partial charge < -0.3 is 5.32 Å². The molecule has 1 heteroatoms. The summed E-state index contributed by atoms with van der Waals surface area (Å²) in [6, 6.07) is 6.54. The van der Waals surface area contributed by atoms with Crippen LogP contribution in [0, 0.1) is 19.3 Å². The molecule has 16 heavy (non-hydrogen) atoms. The smallest absolute Gasteiger partial charge is 0.000000409 e. The normalized spacial score (nSPS) is 11.8. The first-order valence-corrected chi connectivity index (χ1v) is 6.16. The molecule has 1 aromatic carbocycles. The van der Waals surface area contributed by atoms with Gasteiger partial charge in [0, 0.05) is 6.54 Å². The lowest BCUT2D eigenvalue weighted by atomic mass is 9.96. The van der Waals surface area contributed by atoms with E-state index in [1.54, 1.807) is 0 Å². The first kappa shape index (κ1) is 13.2. The minimum absolute atomic E-state index is 0.376. The second-order valence-electron chi connectivity index (χ2n) is 5.86. The third kappa shape index (κ3) is 4.36. The van der Waals surface area contributed by atoms with Crippen LogP contribution in [0.2, 0.25) is 0 Å². The molecule has 1 N–H and O–H groups in total. The van der Waals surface area contributed by atoms with Crippen LogP contribution >= 0.6 is 0 Å². The third-order valence-corrected chi connectivity index (χ3v) is 2.85. The van der Waals surface area contributed by atoms with E-state index in [1.165, 1.54) is 16.7 Å². The molecule has 0 aliphatic carbocycles. The minimum Gasteiger partial charge on any atom is -0.316 e. The summed E-state index contributed by atoms with van der Waals surface area (Å²) < 4.78 is 0. The Balaban J connectivity index is 2.43. The van der Waals surface area contributed by atoms with Gasteiger partial charge in [0.1, 0.15) is 0 Å². The average molecular weight is 219 g/mol. The van der Waals surface area contributed by atoms with Crippen molar-refractivity contribution in [3.05, 3.63) is 34.9 Å². The molecule has 0 amide bonds. The Morgan fingerprint density at radius 3 is 2.12 bits per heavy atom. The van der Waals surface area contributed by atoms with Gasteiger partial charge in [0.05, 0.1) is 0 Å². The highest BCUT2D eigenvalue weighted by Crippen LogP contribution is 2.14. The molecule has 0 saturated carbocycles. The fourth-order valence-electron chi connectivity index (χ4n) is 1.92. The van der Waals surface area contributed by atoms with Crippen LogP contribution in [-0.4, -0.2) is 13.1 Å². The zero-order valence-electron chi connectivity index (χ0n) is 11.4. The molecule has 0 unspecified atom stereocenters. The van der Waals surface area contributed by atoms with E-state index in [0.717, 1.165) is 19.5 Å². The van der Waals surface area contributed by atoms with Crippen molar-refractivity contribution < 1.29 is 0 Å². The summed E-state index contributed by atoms with van der Waals surface area (Å²) in [6.45, 7) is 13.3. The summed E-state index contributed by atoms with van der Waals surface area (Å²) >= 11 is 0. The molecule has 0 aliphatic heterocycles. The molecule has 90 valence electrons. The Morgan fingerprint density at radius 2 is 1.62 bits per heavy atom. The lowest BCUT2D eigenvalue weighted by Gasteiger charge is -2.19. The topological polar surface area (TPSA) is 12.0 Å². The zero-order chi connectivity index (χ0) is 12.2. The van der Waals surface area contributed by atoms with Gasteiger partial charge in [-0.05, 0) is 48.9 Å². The molecule has 0 spiro atoms. The van der Waals surface area contributed by atoms with Crippen LogP contribution in [0.25, 0.3) is 0 Å². The highest BCUT2D eigenvalue weighted by Gasteiger charge is 2.09. The Morgan fingerprint density at radius 1 is 1.06 bits per heavy atom. The van der Waals surface area contributed by atoms with Crippen LogP contribution in [0.4, 0.5) is 0 Å². The maximum Gasteiger partial charge on any atom is 0.000000409 e. The Kier molecular flexibility index (Phi) is 4.55. The fraction of sp³-hybridized carbons (Fsp3) is 0.600. The molecule has 1 aromatic rings. The maximum absolute atomic E-state index is 3.53. The summed E-state index contributed by atoms with van der Waals surface area (Å²) in [6.07, 6.45) is 1.13. The number of benzene rings is 1. The third-order valence-electron chi connectivity index (χ3n) is 2.85. The van der Waals surface area contributed by atoms with Gasteiger partial charge in [-0.1, -0.05) is 39.0 Å². The van der Waals surface area contributed by atoms with E-state index in [4.69, 9.17) is 0 Å². The van der Waals surface area contributed by atoms with Crippen molar-refractivity contribution in [1.29, 1.82) is 0 Å². The van der Waals surface area contributed by atoms with Crippen molar-refractivity contribution in [1.82, 2.24) is 5.32 Å². The highest BCUT2D eigenvalue weighted by molar-refractivity contribution is 5.33. The number of hydrogen-bond acceptors (Lipinski definition) is 1. The summed E-state index contributed by atoms with van der Waals surface area (Å²) in [5, 5.41) is 3.53. The number of aryl methyl sites for hydroxylation is 2. The van der Waals surface area contributed by atoms with E-state index in [1.807, 2.05) is 0 Å². The molecule has 0 aliphatic rings. The first-order chi connectivity index (χ1) is 7.40. The van der Waals surface area contributed by atoms with E-state index >= 15 is 0 Å². The van der Waals surface area contributed by atoms with Gasteiger partial charge in [0.2, 0.25) is 0 Å². The Hall–Kier alpha value is -0.820. The number of hydrogen-bond donors (Lipinski definition) is 1. The number of nitrogens with one attached hydrogen (secondary N) is 1. The van der Waals surface area contributed by atoms with Crippen LogP contribution < -0.4 is 5.32 Å². The predicted molar refractivity (Wildman–Crippen MR) is 71.9 cm³/mol. The van der Waals surface area contributed by atoms with Gasteiger partial charge in [0.15, 0.2) is 0 Å². The summed E-state index contributed by atoms with van der Waals surface area (Å²) in [5.74, 6) is 0. The highest BCUT2D eigenvalue weighted by atomic mass is 14.9. The van der Waals surface area contributed by atoms with Crippen LogP contribution in [0.15, 0.2) is 18.2 Å². The quantitative estimate of drug-likeness (QED) is 0.764. The van der Waals surface area contributed by atoms with Gasteiger partial charge in [-0.25, -0.2) is 0 Å². The summed E-state index contributed by atoms with van der Waals surface area (Å²) in [4.78, 5) is 0. The molecule has 1 nitrogen and oxygen atoms in total. The second-order valence-corrected chi connectivity index (χ2v) is 5.86. The standard InChI is InChI=1S/C15H25N/c1-12-7-6-8-13(2)14(12)9-10-16-11-15(3,4)5/h6-8,16H,9-11H2,1-5H3. The van der Waals surface area contributed by atoms with Crippen LogP contribution in [0.5, 0.6) is 0 Å². The molecule has 0 fully saturated rings. The van der Waals surface area contributed by atoms with Gasteiger partial charge in [-0.2, -0.15) is 0 Å². The maximum atomic E-state index is 3.53. The van der Waals surface area contributed by atoms with Crippen molar-refractivity contribution in [2.45, 2.75) is 41.0 Å². The Bertz CT molecular complexity index is 314. The zero-order valence-corrected chi connectivity index (χ0v) is 11.4. The van der Waals surface area contributed by atoms with Crippen molar-refractivity contribution in [3.8, 4) is 0 Å². The van der Waals surface area contributed by atoms with Gasteiger partial charge in [0.25, 0.3) is 0 Å². The summed E-state index contributed by atoms with van der Waals surface area (Å²) in [5.41, 5.74) is 4.71. The molecular weight excluding hydrogens is 194 g/mol. The predicted octanol–water partition coefficient (Wildman–Crippen LogP) is 3.48. The van der Waals surface area contributed by atoms with E-state index in [9.17, 15) is 0 Å². The van der Waals surface area contributed by atoms with E-state index in [-0.39, 0.29) is 0 Å². The van der Waals surface area contributed by atoms with E-state index in [0.29, 0.717) is 5.41 Å². The molecule has 0 heterocycles. The van der Waals surface area contributed by atoms with Gasteiger partial charge in [-0.15, -0.1) is 0 Å². The average Bonchev–Trinajstić information content (AvgIpc) is 2.14. The molecule has 1 rings (SSSR count). The second kappa shape index (κ2) is 5.49. The monoisotopic (exact) mass is 219 g/mol. The van der Waals surface area contributed by atoms with Crippen LogP contribution in [-0.2, 0) is 6.42 Å². The molecule has 0 saturated heterocycles. The Labute approximate surface area is 100 Å². The van der Waals surface area contributed by atoms with Crippen LogP contribution in [0.1, 0.15) is 37.5 Å². The van der Waals surface area contributed by atoms with Crippen molar-refractivity contribution in [2.24, 2.45) is 5.41 Å². The van der Waals surface area contributed by atoms with Gasteiger partial charge >= 0.3 is 0 Å². The first-order valence-electron chi connectivity index (χ1n) is 6.16.